The Morgan fingerprint density at radius 3 is 2.47 bits per heavy atom. The minimum atomic E-state index is -0.304. The number of nitrogens with two attached hydrogens (primary N) is 1. The second kappa shape index (κ2) is 5.43. The van der Waals surface area contributed by atoms with Crippen LogP contribution in [0.2, 0.25) is 5.02 Å². The highest BCUT2D eigenvalue weighted by Crippen LogP contribution is 2.51. The predicted octanol–water partition coefficient (Wildman–Crippen LogP) is 3.18. The minimum Gasteiger partial charge on any atom is -0.392 e. The molecule has 0 radical (unpaired) electrons. The van der Waals surface area contributed by atoms with E-state index < -0.39 is 0 Å². The van der Waals surface area contributed by atoms with Crippen molar-refractivity contribution in [3.63, 3.8) is 0 Å². The van der Waals surface area contributed by atoms with E-state index in [1.54, 1.807) is 0 Å². The quantitative estimate of drug-likeness (QED) is 0.889. The van der Waals surface area contributed by atoms with Gasteiger partial charge in [-0.15, -0.1) is 0 Å². The molecule has 19 heavy (non-hydrogen) atoms. The van der Waals surface area contributed by atoms with Crippen molar-refractivity contribution >= 4 is 11.6 Å². The summed E-state index contributed by atoms with van der Waals surface area (Å²) in [6.45, 7) is 0.497. The lowest BCUT2D eigenvalue weighted by molar-refractivity contribution is 0.0532. The Bertz CT molecular complexity index is 433. The largest absolute Gasteiger partial charge is 0.392 e. The van der Waals surface area contributed by atoms with Gasteiger partial charge in [-0.05, 0) is 54.7 Å². The number of aliphatic hydroxyl groups is 1. The van der Waals surface area contributed by atoms with Crippen LogP contribution in [0.4, 0.5) is 0 Å². The first-order chi connectivity index (χ1) is 9.19. The number of fused-ring (bicyclic) bond motifs is 2. The molecule has 3 rings (SSSR count). The van der Waals surface area contributed by atoms with Gasteiger partial charge >= 0.3 is 0 Å². The predicted molar refractivity (Wildman–Crippen MR) is 78.2 cm³/mol. The average Bonchev–Trinajstić information content (AvgIpc) is 3.04. The van der Waals surface area contributed by atoms with Crippen molar-refractivity contribution in [3.8, 4) is 0 Å². The van der Waals surface area contributed by atoms with Crippen LogP contribution in [-0.4, -0.2) is 17.8 Å². The van der Waals surface area contributed by atoms with E-state index in [1.807, 2.05) is 24.3 Å². The molecule has 2 bridgehead atoms. The van der Waals surface area contributed by atoms with E-state index >= 15 is 0 Å². The van der Waals surface area contributed by atoms with E-state index in [0.29, 0.717) is 12.5 Å². The topological polar surface area (TPSA) is 46.2 Å². The zero-order valence-corrected chi connectivity index (χ0v) is 11.9. The smallest absolute Gasteiger partial charge is 0.0651 e. The summed E-state index contributed by atoms with van der Waals surface area (Å²) < 4.78 is 0. The molecule has 2 aliphatic carbocycles. The van der Waals surface area contributed by atoms with E-state index in [2.05, 4.69) is 0 Å². The number of halogens is 1. The Morgan fingerprint density at radius 1 is 1.21 bits per heavy atom. The summed E-state index contributed by atoms with van der Waals surface area (Å²) in [5.74, 6) is 2.07. The zero-order chi connectivity index (χ0) is 13.4. The molecule has 1 aromatic rings. The summed E-state index contributed by atoms with van der Waals surface area (Å²) >= 11 is 5.92. The van der Waals surface area contributed by atoms with Gasteiger partial charge in [-0.3, -0.25) is 0 Å². The lowest BCUT2D eigenvalue weighted by Gasteiger charge is -2.32. The SMILES string of the molecule is NCC(c1ccc(Cl)cc1)C(O)C1CC2CCC1C2. The zero-order valence-electron chi connectivity index (χ0n) is 11.1. The lowest BCUT2D eigenvalue weighted by Crippen LogP contribution is -2.35. The second-order valence-electron chi connectivity index (χ2n) is 6.22. The Hall–Kier alpha value is -0.570. The Kier molecular flexibility index (Phi) is 3.84. The number of rotatable bonds is 4. The van der Waals surface area contributed by atoms with Crippen molar-refractivity contribution in [2.24, 2.45) is 23.5 Å². The molecule has 2 nitrogen and oxygen atoms in total. The van der Waals surface area contributed by atoms with Crippen LogP contribution < -0.4 is 5.73 Å². The summed E-state index contributed by atoms with van der Waals surface area (Å²) in [7, 11) is 0. The molecule has 104 valence electrons. The maximum absolute atomic E-state index is 10.7. The van der Waals surface area contributed by atoms with E-state index in [4.69, 9.17) is 17.3 Å². The molecule has 5 unspecified atom stereocenters. The van der Waals surface area contributed by atoms with Gasteiger partial charge in [0.05, 0.1) is 6.10 Å². The molecule has 2 aliphatic rings. The molecular formula is C16H22ClNO. The van der Waals surface area contributed by atoms with E-state index in [-0.39, 0.29) is 12.0 Å². The van der Waals surface area contributed by atoms with E-state index in [1.165, 1.54) is 25.7 Å². The molecule has 3 N–H and O–H groups in total. The fraction of sp³-hybridized carbons (Fsp3) is 0.625. The fourth-order valence-electron chi connectivity index (χ4n) is 4.19. The van der Waals surface area contributed by atoms with Crippen LogP contribution in [-0.2, 0) is 0 Å². The van der Waals surface area contributed by atoms with Crippen molar-refractivity contribution in [2.45, 2.75) is 37.7 Å². The first-order valence-electron chi connectivity index (χ1n) is 7.32. The van der Waals surface area contributed by atoms with Gasteiger partial charge in [0, 0.05) is 17.5 Å². The Labute approximate surface area is 120 Å². The number of aliphatic hydroxyl groups excluding tert-OH is 1. The van der Waals surface area contributed by atoms with Gasteiger partial charge in [0.2, 0.25) is 0 Å². The summed E-state index contributed by atoms with van der Waals surface area (Å²) in [6.07, 6.45) is 4.86. The lowest BCUT2D eigenvalue weighted by atomic mass is 9.77. The molecule has 0 spiro atoms. The van der Waals surface area contributed by atoms with Gasteiger partial charge in [0.15, 0.2) is 0 Å². The highest BCUT2D eigenvalue weighted by atomic mass is 35.5. The maximum atomic E-state index is 10.7. The molecule has 0 heterocycles. The van der Waals surface area contributed by atoms with Crippen LogP contribution in [0.1, 0.15) is 37.2 Å². The number of hydrogen-bond acceptors (Lipinski definition) is 2. The van der Waals surface area contributed by atoms with Crippen molar-refractivity contribution < 1.29 is 5.11 Å². The highest BCUT2D eigenvalue weighted by Gasteiger charge is 2.44. The Morgan fingerprint density at radius 2 is 1.95 bits per heavy atom. The van der Waals surface area contributed by atoms with Gasteiger partial charge in [0.25, 0.3) is 0 Å². The van der Waals surface area contributed by atoms with Crippen LogP contribution >= 0.6 is 11.6 Å². The minimum absolute atomic E-state index is 0.0432. The molecule has 0 aromatic heterocycles. The van der Waals surface area contributed by atoms with Crippen LogP contribution in [0.25, 0.3) is 0 Å². The number of benzene rings is 1. The van der Waals surface area contributed by atoms with Crippen molar-refractivity contribution in [1.82, 2.24) is 0 Å². The molecule has 0 amide bonds. The van der Waals surface area contributed by atoms with Crippen molar-refractivity contribution in [2.75, 3.05) is 6.54 Å². The third kappa shape index (κ3) is 2.54. The first kappa shape index (κ1) is 13.4. The third-order valence-corrected chi connectivity index (χ3v) is 5.45. The molecular weight excluding hydrogens is 258 g/mol. The maximum Gasteiger partial charge on any atom is 0.0651 e. The van der Waals surface area contributed by atoms with Gasteiger partial charge in [-0.1, -0.05) is 30.2 Å². The molecule has 2 saturated carbocycles. The Balaban J connectivity index is 1.76. The van der Waals surface area contributed by atoms with Crippen molar-refractivity contribution in [3.05, 3.63) is 34.9 Å². The summed E-state index contributed by atoms with van der Waals surface area (Å²) in [6, 6.07) is 7.76. The normalized spacial score (nSPS) is 32.5. The third-order valence-electron chi connectivity index (χ3n) is 5.20. The summed E-state index contributed by atoms with van der Waals surface area (Å²) in [5.41, 5.74) is 7.03. The summed E-state index contributed by atoms with van der Waals surface area (Å²) in [5, 5.41) is 11.5. The first-order valence-corrected chi connectivity index (χ1v) is 7.70. The summed E-state index contributed by atoms with van der Waals surface area (Å²) in [4.78, 5) is 0. The van der Waals surface area contributed by atoms with Gasteiger partial charge in [0.1, 0.15) is 0 Å². The molecule has 0 saturated heterocycles. The standard InChI is InChI=1S/C16H22ClNO/c17-13-5-3-11(4-6-13)15(9-18)16(19)14-8-10-1-2-12(14)7-10/h3-6,10,12,14-16,19H,1-2,7-9,18H2. The monoisotopic (exact) mass is 279 g/mol. The van der Waals surface area contributed by atoms with Crippen LogP contribution in [0.3, 0.4) is 0 Å². The van der Waals surface area contributed by atoms with Crippen molar-refractivity contribution in [1.29, 1.82) is 0 Å². The van der Waals surface area contributed by atoms with E-state index in [0.717, 1.165) is 22.4 Å². The highest BCUT2D eigenvalue weighted by molar-refractivity contribution is 6.30. The van der Waals surface area contributed by atoms with Gasteiger partial charge < -0.3 is 10.8 Å². The van der Waals surface area contributed by atoms with Crippen LogP contribution in [0.5, 0.6) is 0 Å². The van der Waals surface area contributed by atoms with Crippen LogP contribution in [0.15, 0.2) is 24.3 Å². The molecule has 1 aromatic carbocycles. The fourth-order valence-corrected chi connectivity index (χ4v) is 4.32. The second-order valence-corrected chi connectivity index (χ2v) is 6.66. The van der Waals surface area contributed by atoms with Gasteiger partial charge in [-0.2, -0.15) is 0 Å². The molecule has 0 aliphatic heterocycles. The average molecular weight is 280 g/mol. The molecule has 5 atom stereocenters. The number of hydrogen-bond donors (Lipinski definition) is 2. The van der Waals surface area contributed by atoms with Crippen LogP contribution in [0, 0.1) is 17.8 Å². The molecule has 3 heteroatoms. The molecule has 2 fully saturated rings. The van der Waals surface area contributed by atoms with Gasteiger partial charge in [-0.25, -0.2) is 0 Å². The van der Waals surface area contributed by atoms with E-state index in [9.17, 15) is 5.11 Å².